The molecule has 9 nitrogen and oxygen atoms in total. The molecule has 0 unspecified atom stereocenters. The molecule has 1 amide bonds. The normalized spacial score (nSPS) is 20.3. The molecule has 1 aliphatic carbocycles. The molecule has 1 aromatic carbocycles. The Bertz CT molecular complexity index is 1470. The molecule has 2 saturated heterocycles. The van der Waals surface area contributed by atoms with E-state index in [2.05, 4.69) is 26.9 Å². The summed E-state index contributed by atoms with van der Waals surface area (Å²) in [6.45, 7) is 9.84. The first-order valence-electron chi connectivity index (χ1n) is 15.2. The zero-order valence-corrected chi connectivity index (χ0v) is 26.1. The number of rotatable bonds is 7. The van der Waals surface area contributed by atoms with E-state index in [0.29, 0.717) is 49.3 Å². The highest BCUT2D eigenvalue weighted by Crippen LogP contribution is 2.42. The van der Waals surface area contributed by atoms with Crippen molar-refractivity contribution in [3.05, 3.63) is 30.6 Å². The number of fused-ring (bicyclic) bond motifs is 1. The molecule has 3 aromatic rings. The van der Waals surface area contributed by atoms with E-state index in [0.717, 1.165) is 55.7 Å². The van der Waals surface area contributed by atoms with Crippen LogP contribution in [0.2, 0.25) is 0 Å². The van der Waals surface area contributed by atoms with Gasteiger partial charge in [-0.1, -0.05) is 0 Å². The summed E-state index contributed by atoms with van der Waals surface area (Å²) in [5, 5.41) is 5.18. The molecule has 0 N–H and O–H groups in total. The highest BCUT2D eigenvalue weighted by atomic mass is 32.2. The molecule has 3 fully saturated rings. The largest absolute Gasteiger partial charge is 0.488 e. The van der Waals surface area contributed by atoms with Crippen LogP contribution in [-0.4, -0.2) is 73.2 Å². The van der Waals surface area contributed by atoms with Gasteiger partial charge in [0.1, 0.15) is 40.5 Å². The highest BCUT2D eigenvalue weighted by molar-refractivity contribution is 7.92. The Kier molecular flexibility index (Phi) is 7.93. The van der Waals surface area contributed by atoms with Crippen molar-refractivity contribution in [2.45, 2.75) is 89.5 Å². The van der Waals surface area contributed by atoms with Crippen molar-refractivity contribution in [1.29, 1.82) is 0 Å². The number of aromatic nitrogens is 4. The van der Waals surface area contributed by atoms with Crippen LogP contribution in [0, 0.1) is 5.92 Å². The van der Waals surface area contributed by atoms with Crippen molar-refractivity contribution in [2.75, 3.05) is 31.1 Å². The molecule has 0 atom stereocenters. The third kappa shape index (κ3) is 6.84. The van der Waals surface area contributed by atoms with Gasteiger partial charge < -0.3 is 19.3 Å². The molecular weight excluding hydrogens is 574 g/mol. The lowest BCUT2D eigenvalue weighted by molar-refractivity contribution is -0.00334. The maximum Gasteiger partial charge on any atom is 0.410 e. The second kappa shape index (κ2) is 11.4. The Labute approximate surface area is 255 Å². The summed E-state index contributed by atoms with van der Waals surface area (Å²) in [7, 11) is 0. The van der Waals surface area contributed by atoms with Gasteiger partial charge >= 0.3 is 6.09 Å². The Morgan fingerprint density at radius 2 is 1.79 bits per heavy atom. The molecule has 43 heavy (non-hydrogen) atoms. The van der Waals surface area contributed by atoms with Crippen LogP contribution in [0.1, 0.15) is 72.6 Å². The van der Waals surface area contributed by atoms with Gasteiger partial charge in [-0.15, -0.1) is 3.89 Å². The number of alkyl halides is 1. The first-order chi connectivity index (χ1) is 20.4. The van der Waals surface area contributed by atoms with Crippen LogP contribution in [0.5, 0.6) is 5.75 Å². The number of carbonyl (C=O) groups is 1. The first-order valence-corrected chi connectivity index (χ1v) is 15.9. The minimum atomic E-state index is -1.27. The monoisotopic (exact) mass is 614 g/mol. The van der Waals surface area contributed by atoms with E-state index in [1.54, 1.807) is 4.90 Å². The second-order valence-electron chi connectivity index (χ2n) is 13.5. The number of carbonyl (C=O) groups excluding carboxylic acids is 1. The van der Waals surface area contributed by atoms with E-state index in [1.165, 1.54) is 10.4 Å². The fourth-order valence-electron chi connectivity index (χ4n) is 6.11. The van der Waals surface area contributed by atoms with Gasteiger partial charge in [-0.05, 0) is 96.8 Å². The molecule has 12 heteroatoms. The Balaban J connectivity index is 1.09. The Morgan fingerprint density at radius 1 is 1.07 bits per heavy atom. The maximum absolute atomic E-state index is 15.8. The van der Waals surface area contributed by atoms with E-state index >= 15 is 4.39 Å². The number of piperidine rings is 2. The van der Waals surface area contributed by atoms with E-state index in [1.807, 2.05) is 45.0 Å². The molecule has 0 bridgehead atoms. The summed E-state index contributed by atoms with van der Waals surface area (Å²) in [5.41, 5.74) is -0.166. The number of amides is 1. The van der Waals surface area contributed by atoms with E-state index in [9.17, 15) is 8.68 Å². The second-order valence-corrected chi connectivity index (χ2v) is 14.0. The molecule has 0 spiro atoms. The topological polar surface area (TPSA) is 85.6 Å². The Hall–Kier alpha value is -3.15. The van der Waals surface area contributed by atoms with Gasteiger partial charge in [0.15, 0.2) is 12.3 Å². The predicted molar refractivity (Wildman–Crippen MR) is 164 cm³/mol. The average Bonchev–Trinajstić information content (AvgIpc) is 3.57. The number of ether oxygens (including phenoxy) is 2. The summed E-state index contributed by atoms with van der Waals surface area (Å²) in [4.78, 5) is 25.2. The van der Waals surface area contributed by atoms with Crippen LogP contribution in [0.25, 0.3) is 22.3 Å². The molecule has 1 saturated carbocycles. The van der Waals surface area contributed by atoms with Gasteiger partial charge in [0.05, 0.1) is 11.2 Å². The fourth-order valence-corrected chi connectivity index (χ4v) is 6.49. The summed E-state index contributed by atoms with van der Waals surface area (Å²) >= 11 is 0.0355. The summed E-state index contributed by atoms with van der Waals surface area (Å²) < 4.78 is 42.7. The summed E-state index contributed by atoms with van der Waals surface area (Å²) in [6, 6.07) is 7.50. The van der Waals surface area contributed by atoms with Crippen molar-refractivity contribution in [1.82, 2.24) is 24.1 Å². The molecule has 0 radical (unpaired) electrons. The maximum atomic E-state index is 15.8. The fraction of sp³-hybridized carbons (Fsp3) is 0.613. The molecular formula is C31H40F2N6O3S. The van der Waals surface area contributed by atoms with Crippen LogP contribution in [-0.2, 0) is 4.74 Å². The van der Waals surface area contributed by atoms with Gasteiger partial charge in [-0.25, -0.2) is 19.2 Å². The zero-order chi connectivity index (χ0) is 30.4. The lowest BCUT2D eigenvalue weighted by atomic mass is 9.80. The van der Waals surface area contributed by atoms with Crippen LogP contribution in [0.4, 0.5) is 18.9 Å². The van der Waals surface area contributed by atoms with Crippen molar-refractivity contribution in [3.8, 4) is 17.1 Å². The number of hydrogen-bond donors (Lipinski definition) is 0. The number of nitrogens with zero attached hydrogens (tertiary/aromatic N) is 6. The number of halogens is 2. The smallest absolute Gasteiger partial charge is 0.410 e. The van der Waals surface area contributed by atoms with Crippen molar-refractivity contribution >= 4 is 35.1 Å². The third-order valence-electron chi connectivity index (χ3n) is 8.80. The molecule has 6 rings (SSSR count). The van der Waals surface area contributed by atoms with Crippen molar-refractivity contribution in [3.63, 3.8) is 0 Å². The standard InChI is InChI=1S/C31H40F2N6O3S/c1-29(2,3)42-28(40)38-15-11-31(32,12-16-38)19-21-7-13-37(14-8-21)26-18-25(34-20-35-26)27-23-17-22(41-30(4)9-10-30)5-6-24(23)36-39(27)43-33/h5-6,17-18,20-21H,7-16,19H2,1-4H3. The predicted octanol–water partition coefficient (Wildman–Crippen LogP) is 7.15. The van der Waals surface area contributed by atoms with Crippen LogP contribution >= 0.6 is 12.3 Å². The molecule has 2 aliphatic heterocycles. The first kappa shape index (κ1) is 29.9. The van der Waals surface area contributed by atoms with E-state index in [-0.39, 0.29) is 29.9 Å². The number of hydrogen-bond acceptors (Lipinski definition) is 8. The molecule has 232 valence electrons. The zero-order valence-electron chi connectivity index (χ0n) is 25.3. The van der Waals surface area contributed by atoms with Gasteiger partial charge in [-0.2, -0.15) is 9.19 Å². The number of likely N-dealkylation sites (tertiary alicyclic amines) is 1. The summed E-state index contributed by atoms with van der Waals surface area (Å²) in [5.74, 6) is 1.75. The van der Waals surface area contributed by atoms with Crippen LogP contribution in [0.3, 0.4) is 0 Å². The van der Waals surface area contributed by atoms with E-state index in [4.69, 9.17) is 9.47 Å². The average molecular weight is 615 g/mol. The lowest BCUT2D eigenvalue weighted by Gasteiger charge is -2.40. The highest BCUT2D eigenvalue weighted by Gasteiger charge is 2.41. The quantitative estimate of drug-likeness (QED) is 0.277. The summed E-state index contributed by atoms with van der Waals surface area (Å²) in [6.07, 6.45) is 6.04. The van der Waals surface area contributed by atoms with Gasteiger partial charge in [0, 0.05) is 37.6 Å². The molecule has 4 heterocycles. The lowest BCUT2D eigenvalue weighted by Crippen LogP contribution is -2.47. The van der Waals surface area contributed by atoms with Crippen molar-refractivity contribution < 1.29 is 22.5 Å². The van der Waals surface area contributed by atoms with Crippen LogP contribution < -0.4 is 9.64 Å². The Morgan fingerprint density at radius 3 is 2.44 bits per heavy atom. The molecule has 3 aliphatic rings. The SMILES string of the molecule is CC(C)(C)OC(=O)N1CCC(F)(CC2CCN(c3cc(-c4c5cc(OC6(C)CC6)ccc5nn4SF)ncn3)CC2)CC1. The van der Waals surface area contributed by atoms with E-state index < -0.39 is 11.3 Å². The third-order valence-corrected chi connectivity index (χ3v) is 9.19. The molecule has 2 aromatic heterocycles. The van der Waals surface area contributed by atoms with Crippen molar-refractivity contribution in [2.24, 2.45) is 5.92 Å². The minimum Gasteiger partial charge on any atom is -0.488 e. The minimum absolute atomic E-state index is 0.0355. The van der Waals surface area contributed by atoms with Gasteiger partial charge in [0.2, 0.25) is 0 Å². The number of anilines is 1. The van der Waals surface area contributed by atoms with Gasteiger partial charge in [0.25, 0.3) is 0 Å². The number of benzene rings is 1. The van der Waals surface area contributed by atoms with Crippen LogP contribution in [0.15, 0.2) is 30.6 Å². The van der Waals surface area contributed by atoms with Gasteiger partial charge in [-0.3, -0.25) is 0 Å².